The molecule has 0 aliphatic heterocycles. The van der Waals surface area contributed by atoms with E-state index in [1.54, 1.807) is 6.07 Å². The number of carboxylic acid groups (broad SMARTS) is 1. The van der Waals surface area contributed by atoms with Crippen LogP contribution >= 0.6 is 15.9 Å². The molecule has 1 atom stereocenters. The van der Waals surface area contributed by atoms with Crippen LogP contribution in [0.5, 0.6) is 11.5 Å². The van der Waals surface area contributed by atoms with Gasteiger partial charge in [0.2, 0.25) is 0 Å². The number of aliphatic carboxylic acids is 1. The quantitative estimate of drug-likeness (QED) is 0.759. The van der Waals surface area contributed by atoms with Gasteiger partial charge in [-0.1, -0.05) is 0 Å². The van der Waals surface area contributed by atoms with Gasteiger partial charge in [0, 0.05) is 7.11 Å². The summed E-state index contributed by atoms with van der Waals surface area (Å²) in [5.74, 6) is -1.07. The fourth-order valence-corrected chi connectivity index (χ4v) is 2.24. The van der Waals surface area contributed by atoms with E-state index in [1.807, 2.05) is 0 Å². The van der Waals surface area contributed by atoms with E-state index < -0.39 is 17.9 Å². The number of hydrogen-bond acceptors (Lipinski definition) is 5. The lowest BCUT2D eigenvalue weighted by Gasteiger charge is -2.16. The van der Waals surface area contributed by atoms with Crippen molar-refractivity contribution < 1.29 is 28.9 Å². The Hall–Kier alpha value is -1.80. The Balaban J connectivity index is 3.10. The van der Waals surface area contributed by atoms with Crippen molar-refractivity contribution >= 4 is 27.8 Å². The second kappa shape index (κ2) is 7.84. The van der Waals surface area contributed by atoms with Crippen LogP contribution in [0.25, 0.3) is 0 Å². The molecule has 0 spiro atoms. The van der Waals surface area contributed by atoms with Gasteiger partial charge in [0.05, 0.1) is 30.9 Å². The van der Waals surface area contributed by atoms with Crippen molar-refractivity contribution in [2.45, 2.75) is 6.04 Å². The molecule has 0 heterocycles. The van der Waals surface area contributed by atoms with Crippen molar-refractivity contribution in [3.05, 3.63) is 22.2 Å². The molecule has 1 aromatic rings. The normalized spacial score (nSPS) is 11.6. The summed E-state index contributed by atoms with van der Waals surface area (Å²) in [6.07, 6.45) is 0. The van der Waals surface area contributed by atoms with Crippen LogP contribution in [0, 0.1) is 0 Å². The van der Waals surface area contributed by atoms with E-state index in [9.17, 15) is 9.59 Å². The van der Waals surface area contributed by atoms with E-state index in [1.165, 1.54) is 27.4 Å². The molecule has 116 valence electrons. The largest absolute Gasteiger partial charge is 0.497 e. The van der Waals surface area contributed by atoms with Crippen LogP contribution in [-0.4, -0.2) is 51.0 Å². The lowest BCUT2D eigenvalue weighted by molar-refractivity contribution is -0.140. The standard InChI is InChI=1S/C13H16BrNO6/c1-19-6-10(13(17)18)15-12(16)8-4-7(20-2)5-9(14)11(8)21-3/h4-5,10H,6H2,1-3H3,(H,15,16)(H,17,18). The predicted octanol–water partition coefficient (Wildman–Crippen LogP) is 1.30. The average molecular weight is 362 g/mol. The van der Waals surface area contributed by atoms with Gasteiger partial charge in [-0.3, -0.25) is 4.79 Å². The predicted molar refractivity (Wildman–Crippen MR) is 78.0 cm³/mol. The summed E-state index contributed by atoms with van der Waals surface area (Å²) in [6.45, 7) is -0.144. The fourth-order valence-electron chi connectivity index (χ4n) is 1.64. The van der Waals surface area contributed by atoms with Gasteiger partial charge in [0.15, 0.2) is 6.04 Å². The van der Waals surface area contributed by atoms with E-state index >= 15 is 0 Å². The van der Waals surface area contributed by atoms with Gasteiger partial charge in [-0.2, -0.15) is 0 Å². The molecule has 8 heteroatoms. The highest BCUT2D eigenvalue weighted by atomic mass is 79.9. The molecule has 21 heavy (non-hydrogen) atoms. The number of amides is 1. The molecule has 0 fully saturated rings. The minimum absolute atomic E-state index is 0.144. The van der Waals surface area contributed by atoms with Crippen LogP contribution in [0.4, 0.5) is 0 Å². The molecule has 0 aliphatic rings. The molecule has 1 amide bonds. The average Bonchev–Trinajstić information content (AvgIpc) is 2.45. The zero-order chi connectivity index (χ0) is 16.0. The summed E-state index contributed by atoms with van der Waals surface area (Å²) in [6, 6.07) is 1.95. The number of carbonyl (C=O) groups is 2. The molecule has 1 unspecified atom stereocenters. The van der Waals surface area contributed by atoms with Crippen molar-refractivity contribution in [3.63, 3.8) is 0 Å². The van der Waals surface area contributed by atoms with Crippen molar-refractivity contribution in [2.75, 3.05) is 27.9 Å². The maximum Gasteiger partial charge on any atom is 0.328 e. The van der Waals surface area contributed by atoms with Crippen molar-refractivity contribution in [2.24, 2.45) is 0 Å². The number of halogens is 1. The molecule has 0 aliphatic carbocycles. The Kier molecular flexibility index (Phi) is 6.44. The molecule has 0 radical (unpaired) electrons. The van der Waals surface area contributed by atoms with Gasteiger partial charge in [0.1, 0.15) is 11.5 Å². The van der Waals surface area contributed by atoms with Gasteiger partial charge in [-0.25, -0.2) is 4.79 Å². The lowest BCUT2D eigenvalue weighted by Crippen LogP contribution is -2.43. The van der Waals surface area contributed by atoms with E-state index in [4.69, 9.17) is 19.3 Å². The van der Waals surface area contributed by atoms with Gasteiger partial charge in [-0.05, 0) is 28.1 Å². The van der Waals surface area contributed by atoms with Crippen molar-refractivity contribution in [1.29, 1.82) is 0 Å². The molecule has 2 N–H and O–H groups in total. The summed E-state index contributed by atoms with van der Waals surface area (Å²) in [7, 11) is 4.22. The molecule has 0 bridgehead atoms. The number of rotatable bonds is 7. The maximum atomic E-state index is 12.2. The molecular weight excluding hydrogens is 346 g/mol. The van der Waals surface area contributed by atoms with Crippen molar-refractivity contribution in [3.8, 4) is 11.5 Å². The van der Waals surface area contributed by atoms with Gasteiger partial charge < -0.3 is 24.6 Å². The van der Waals surface area contributed by atoms with Crippen LogP contribution in [0.2, 0.25) is 0 Å². The molecule has 0 saturated heterocycles. The van der Waals surface area contributed by atoms with Crippen LogP contribution < -0.4 is 14.8 Å². The number of carbonyl (C=O) groups excluding carboxylic acids is 1. The summed E-state index contributed by atoms with van der Waals surface area (Å²) < 4.78 is 15.5. The number of carboxylic acids is 1. The molecule has 1 aromatic carbocycles. The third kappa shape index (κ3) is 4.33. The third-order valence-corrected chi connectivity index (χ3v) is 3.23. The monoisotopic (exact) mass is 361 g/mol. The first kappa shape index (κ1) is 17.3. The summed E-state index contributed by atoms with van der Waals surface area (Å²) in [5.41, 5.74) is 0.158. The summed E-state index contributed by atoms with van der Waals surface area (Å²) in [5, 5.41) is 11.4. The lowest BCUT2D eigenvalue weighted by atomic mass is 10.1. The Morgan fingerprint density at radius 3 is 2.43 bits per heavy atom. The topological polar surface area (TPSA) is 94.1 Å². The highest BCUT2D eigenvalue weighted by Crippen LogP contribution is 2.33. The first-order valence-electron chi connectivity index (χ1n) is 5.88. The maximum absolute atomic E-state index is 12.2. The first-order valence-corrected chi connectivity index (χ1v) is 6.68. The van der Waals surface area contributed by atoms with E-state index in [-0.39, 0.29) is 17.9 Å². The second-order valence-electron chi connectivity index (χ2n) is 4.01. The van der Waals surface area contributed by atoms with E-state index in [0.717, 1.165) is 0 Å². The van der Waals surface area contributed by atoms with Crippen molar-refractivity contribution in [1.82, 2.24) is 5.32 Å². The third-order valence-electron chi connectivity index (χ3n) is 2.64. The van der Waals surface area contributed by atoms with E-state index in [0.29, 0.717) is 10.2 Å². The molecule has 0 aromatic heterocycles. The number of benzene rings is 1. The Labute approximate surface area is 130 Å². The highest BCUT2D eigenvalue weighted by molar-refractivity contribution is 9.10. The van der Waals surface area contributed by atoms with Crippen LogP contribution in [-0.2, 0) is 9.53 Å². The second-order valence-corrected chi connectivity index (χ2v) is 4.86. The Morgan fingerprint density at radius 2 is 1.95 bits per heavy atom. The highest BCUT2D eigenvalue weighted by Gasteiger charge is 2.24. The molecule has 1 rings (SSSR count). The molecule has 7 nitrogen and oxygen atoms in total. The van der Waals surface area contributed by atoms with Crippen LogP contribution in [0.15, 0.2) is 16.6 Å². The fraction of sp³-hybridized carbons (Fsp3) is 0.385. The smallest absolute Gasteiger partial charge is 0.328 e. The Bertz CT molecular complexity index is 534. The van der Waals surface area contributed by atoms with Crippen LogP contribution in [0.3, 0.4) is 0 Å². The summed E-state index contributed by atoms with van der Waals surface area (Å²) in [4.78, 5) is 23.3. The number of nitrogens with one attached hydrogen (secondary N) is 1. The van der Waals surface area contributed by atoms with Gasteiger partial charge in [-0.15, -0.1) is 0 Å². The van der Waals surface area contributed by atoms with Gasteiger partial charge in [0.25, 0.3) is 5.91 Å². The number of methoxy groups -OCH3 is 3. The molecular formula is C13H16BrNO6. The minimum atomic E-state index is -1.19. The zero-order valence-corrected chi connectivity index (χ0v) is 13.4. The van der Waals surface area contributed by atoms with Gasteiger partial charge >= 0.3 is 5.97 Å². The first-order chi connectivity index (χ1) is 9.94. The summed E-state index contributed by atoms with van der Waals surface area (Å²) >= 11 is 3.27. The molecule has 0 saturated carbocycles. The SMILES string of the molecule is COCC(NC(=O)c1cc(OC)cc(Br)c1OC)C(=O)O. The van der Waals surface area contributed by atoms with E-state index in [2.05, 4.69) is 21.2 Å². The minimum Gasteiger partial charge on any atom is -0.497 e. The number of ether oxygens (including phenoxy) is 3. The Morgan fingerprint density at radius 1 is 1.29 bits per heavy atom. The zero-order valence-electron chi connectivity index (χ0n) is 11.8. The van der Waals surface area contributed by atoms with Crippen LogP contribution in [0.1, 0.15) is 10.4 Å². The number of hydrogen-bond donors (Lipinski definition) is 2.